The number of amides is 2. The summed E-state index contributed by atoms with van der Waals surface area (Å²) in [4.78, 5) is 26.1. The quantitative estimate of drug-likeness (QED) is 0.0535. The van der Waals surface area contributed by atoms with E-state index in [1.165, 1.54) is 11.1 Å². The predicted octanol–water partition coefficient (Wildman–Crippen LogP) is 7.21. The lowest BCUT2D eigenvalue weighted by atomic mass is 9.99. The number of hydrogen-bond donors (Lipinski definition) is 4. The highest BCUT2D eigenvalue weighted by molar-refractivity contribution is 5.90. The number of benzene rings is 4. The van der Waals surface area contributed by atoms with Crippen LogP contribution < -0.4 is 10.8 Å². The first-order chi connectivity index (χ1) is 24.0. The lowest BCUT2D eigenvalue weighted by molar-refractivity contribution is -0.253. The summed E-state index contributed by atoms with van der Waals surface area (Å²) in [6.07, 6.45) is 3.48. The number of rotatable bonds is 17. The largest absolute Gasteiger partial charge is 0.392 e. The number of hydrogen-bond acceptors (Lipinski definition) is 7. The lowest BCUT2D eigenvalue weighted by Gasteiger charge is -2.38. The minimum Gasteiger partial charge on any atom is -0.392 e. The normalized spacial score (nSPS) is 17.5. The predicted molar refractivity (Wildman–Crippen MR) is 188 cm³/mol. The molecule has 1 fully saturated rings. The van der Waals surface area contributed by atoms with Crippen LogP contribution in [0, 0.1) is 0 Å². The molecule has 2 amide bonds. The minimum atomic E-state index is -0.603. The fourth-order valence-corrected chi connectivity index (χ4v) is 6.12. The van der Waals surface area contributed by atoms with Crippen LogP contribution >= 0.6 is 0 Å². The molecule has 0 aromatic heterocycles. The van der Waals surface area contributed by atoms with Crippen LogP contribution in [0.15, 0.2) is 109 Å². The second-order valence-corrected chi connectivity index (χ2v) is 12.6. The van der Waals surface area contributed by atoms with E-state index in [9.17, 15) is 14.7 Å². The van der Waals surface area contributed by atoms with Crippen molar-refractivity contribution in [1.82, 2.24) is 10.4 Å². The SMILES string of the molecule is O=C(CCCCCCC(=O)Nc1ccc([C@@H]2O[C@H](CN(Cc3ccccc3)Cc3ccccc3)C[C@H](c3ccc(CO)cc3)O2)cc1)NO. The van der Waals surface area contributed by atoms with Crippen LogP contribution in [0.3, 0.4) is 0 Å². The van der Waals surface area contributed by atoms with Crippen molar-refractivity contribution in [2.45, 2.75) is 83.1 Å². The zero-order valence-electron chi connectivity index (χ0n) is 27.9. The van der Waals surface area contributed by atoms with Crippen LogP contribution in [0.4, 0.5) is 5.69 Å². The minimum absolute atomic E-state index is 0.0114. The third-order valence-electron chi connectivity index (χ3n) is 8.72. The molecule has 4 aromatic rings. The molecule has 0 aliphatic carbocycles. The maximum atomic E-state index is 12.6. The molecule has 9 nitrogen and oxygen atoms in total. The molecule has 258 valence electrons. The molecule has 9 heteroatoms. The summed E-state index contributed by atoms with van der Waals surface area (Å²) in [5, 5.41) is 21.1. The van der Waals surface area contributed by atoms with Crippen LogP contribution in [0.25, 0.3) is 0 Å². The summed E-state index contributed by atoms with van der Waals surface area (Å²) >= 11 is 0. The van der Waals surface area contributed by atoms with E-state index >= 15 is 0 Å². The van der Waals surface area contributed by atoms with Gasteiger partial charge in [0.15, 0.2) is 6.29 Å². The molecule has 4 aromatic carbocycles. The van der Waals surface area contributed by atoms with E-state index in [1.807, 2.05) is 60.7 Å². The van der Waals surface area contributed by atoms with Crippen molar-refractivity contribution in [2.24, 2.45) is 0 Å². The van der Waals surface area contributed by atoms with E-state index < -0.39 is 6.29 Å². The Morgan fingerprint density at radius 1 is 0.673 bits per heavy atom. The van der Waals surface area contributed by atoms with Crippen molar-refractivity contribution in [2.75, 3.05) is 11.9 Å². The third kappa shape index (κ3) is 11.6. The van der Waals surface area contributed by atoms with Crippen molar-refractivity contribution in [3.05, 3.63) is 137 Å². The first kappa shape index (κ1) is 35.9. The van der Waals surface area contributed by atoms with Crippen molar-refractivity contribution in [1.29, 1.82) is 0 Å². The van der Waals surface area contributed by atoms with E-state index in [2.05, 4.69) is 58.7 Å². The Bertz CT molecular complexity index is 1530. The smallest absolute Gasteiger partial charge is 0.243 e. The molecule has 5 rings (SSSR count). The number of anilines is 1. The van der Waals surface area contributed by atoms with Gasteiger partial charge in [0.25, 0.3) is 0 Å². The molecule has 0 saturated carbocycles. The number of aliphatic hydroxyl groups is 1. The maximum Gasteiger partial charge on any atom is 0.243 e. The first-order valence-corrected chi connectivity index (χ1v) is 17.1. The second-order valence-electron chi connectivity index (χ2n) is 12.6. The molecular formula is C40H47N3O6. The highest BCUT2D eigenvalue weighted by atomic mass is 16.7. The topological polar surface area (TPSA) is 120 Å². The van der Waals surface area contributed by atoms with Crippen LogP contribution in [-0.4, -0.2) is 39.7 Å². The van der Waals surface area contributed by atoms with Crippen molar-refractivity contribution < 1.29 is 29.4 Å². The molecular weight excluding hydrogens is 618 g/mol. The van der Waals surface area contributed by atoms with Gasteiger partial charge in [0, 0.05) is 50.1 Å². The molecule has 0 bridgehead atoms. The van der Waals surface area contributed by atoms with Gasteiger partial charge in [-0.05, 0) is 47.2 Å². The molecule has 1 heterocycles. The second kappa shape index (κ2) is 19.0. The summed E-state index contributed by atoms with van der Waals surface area (Å²) in [5.74, 6) is -0.449. The number of nitrogens with one attached hydrogen (secondary N) is 2. The Balaban J connectivity index is 1.25. The van der Waals surface area contributed by atoms with Crippen molar-refractivity contribution >= 4 is 17.5 Å². The Labute approximate surface area is 288 Å². The fourth-order valence-electron chi connectivity index (χ4n) is 6.12. The number of carbonyl (C=O) groups excluding carboxylic acids is 2. The monoisotopic (exact) mass is 665 g/mol. The van der Waals surface area contributed by atoms with Crippen LogP contribution in [-0.2, 0) is 38.8 Å². The Hall–Kier alpha value is -4.38. The maximum absolute atomic E-state index is 12.6. The van der Waals surface area contributed by atoms with E-state index in [-0.39, 0.29) is 37.0 Å². The fraction of sp³-hybridized carbons (Fsp3) is 0.350. The van der Waals surface area contributed by atoms with E-state index in [0.29, 0.717) is 31.5 Å². The van der Waals surface area contributed by atoms with Gasteiger partial charge in [-0.25, -0.2) is 5.48 Å². The first-order valence-electron chi connectivity index (χ1n) is 17.1. The van der Waals surface area contributed by atoms with Crippen molar-refractivity contribution in [3.63, 3.8) is 0 Å². The van der Waals surface area contributed by atoms with Gasteiger partial charge in [0.05, 0.1) is 18.8 Å². The van der Waals surface area contributed by atoms with Gasteiger partial charge in [-0.3, -0.25) is 19.7 Å². The molecule has 3 atom stereocenters. The van der Waals surface area contributed by atoms with E-state index in [4.69, 9.17) is 14.7 Å². The summed E-state index contributed by atoms with van der Waals surface area (Å²) in [5.41, 5.74) is 7.57. The molecule has 1 aliphatic heterocycles. The van der Waals surface area contributed by atoms with E-state index in [0.717, 1.165) is 49.0 Å². The van der Waals surface area contributed by atoms with Crippen LogP contribution in [0.2, 0.25) is 0 Å². The summed E-state index contributed by atoms with van der Waals surface area (Å²) in [6, 6.07) is 36.5. The lowest BCUT2D eigenvalue weighted by Crippen LogP contribution is -2.39. The molecule has 1 aliphatic rings. The zero-order valence-corrected chi connectivity index (χ0v) is 27.9. The molecule has 0 radical (unpaired) electrons. The van der Waals surface area contributed by atoms with Crippen molar-refractivity contribution in [3.8, 4) is 0 Å². The Morgan fingerprint density at radius 3 is 1.82 bits per heavy atom. The highest BCUT2D eigenvalue weighted by Gasteiger charge is 2.33. The summed E-state index contributed by atoms with van der Waals surface area (Å²) in [7, 11) is 0. The summed E-state index contributed by atoms with van der Waals surface area (Å²) < 4.78 is 13.3. The Morgan fingerprint density at radius 2 is 1.24 bits per heavy atom. The molecule has 4 N–H and O–H groups in total. The molecule has 0 spiro atoms. The van der Waals surface area contributed by atoms with Gasteiger partial charge in [0.1, 0.15) is 0 Å². The average Bonchev–Trinajstić information content (AvgIpc) is 3.14. The zero-order chi connectivity index (χ0) is 34.3. The highest BCUT2D eigenvalue weighted by Crippen LogP contribution is 2.38. The van der Waals surface area contributed by atoms with Crippen LogP contribution in [0.1, 0.15) is 85.2 Å². The van der Waals surface area contributed by atoms with E-state index in [1.54, 1.807) is 5.48 Å². The van der Waals surface area contributed by atoms with Crippen LogP contribution in [0.5, 0.6) is 0 Å². The standard InChI is InChI=1S/C40H47N3O6/c44-29-32-17-19-33(20-18-32)37-25-36(28-43(26-30-11-5-3-6-12-30)27-31-13-7-4-8-14-31)48-40(49-37)34-21-23-35(24-22-34)41-38(45)15-9-1-2-10-16-39(46)42-47/h3-8,11-14,17-24,36-37,40,44,47H,1-2,9-10,15-16,25-29H2,(H,41,45)(H,42,46)/t36-,37+,40+/m0/s1. The molecule has 0 unspecified atom stereocenters. The van der Waals surface area contributed by atoms with Gasteiger partial charge >= 0.3 is 0 Å². The Kier molecular flexibility index (Phi) is 13.9. The summed E-state index contributed by atoms with van der Waals surface area (Å²) in [6.45, 7) is 2.26. The number of carbonyl (C=O) groups is 2. The van der Waals surface area contributed by atoms with Gasteiger partial charge in [0.2, 0.25) is 11.8 Å². The third-order valence-corrected chi connectivity index (χ3v) is 8.72. The number of hydroxylamine groups is 1. The van der Waals surface area contributed by atoms with Gasteiger partial charge in [-0.1, -0.05) is 110 Å². The number of ether oxygens (including phenoxy) is 2. The van der Waals surface area contributed by atoms with Gasteiger partial charge in [-0.15, -0.1) is 0 Å². The number of nitrogens with zero attached hydrogens (tertiary/aromatic N) is 1. The molecule has 49 heavy (non-hydrogen) atoms. The number of aliphatic hydroxyl groups excluding tert-OH is 1. The number of unbranched alkanes of at least 4 members (excludes halogenated alkanes) is 3. The van der Waals surface area contributed by atoms with Gasteiger partial charge < -0.3 is 19.9 Å². The molecule has 1 saturated heterocycles. The van der Waals surface area contributed by atoms with Gasteiger partial charge in [-0.2, -0.15) is 0 Å². The average molecular weight is 666 g/mol.